The van der Waals surface area contributed by atoms with Crippen LogP contribution >= 0.6 is 0 Å². The Bertz CT molecular complexity index is 763. The van der Waals surface area contributed by atoms with Gasteiger partial charge in [0.25, 0.3) is 5.91 Å². The fraction of sp³-hybridized carbons (Fsp3) is 0.500. The van der Waals surface area contributed by atoms with E-state index in [0.29, 0.717) is 17.2 Å². The van der Waals surface area contributed by atoms with E-state index in [9.17, 15) is 4.79 Å². The maximum Gasteiger partial charge on any atom is 0.251 e. The van der Waals surface area contributed by atoms with Crippen molar-refractivity contribution in [2.45, 2.75) is 66.5 Å². The minimum absolute atomic E-state index is 0.0634. The highest BCUT2D eigenvalue weighted by molar-refractivity contribution is 5.98. The van der Waals surface area contributed by atoms with E-state index < -0.39 is 0 Å². The molecule has 0 aliphatic heterocycles. The van der Waals surface area contributed by atoms with Gasteiger partial charge in [-0.2, -0.15) is 0 Å². The lowest BCUT2D eigenvalue weighted by Crippen LogP contribution is -2.30. The van der Waals surface area contributed by atoms with Crippen LogP contribution in [0.5, 0.6) is 0 Å². The number of nitrogens with one attached hydrogen (secondary N) is 2. The third kappa shape index (κ3) is 5.00. The van der Waals surface area contributed by atoms with Gasteiger partial charge < -0.3 is 10.6 Å². The standard InChI is InChI=1S/C20H29N5O/c1-12(2)17(15(5)18(21-7)25-20(6)8-9-20)19(26)22-11-16-23-13(3)10-14(4)24-16/h10,25H,7-9,11H2,1-6H3,(H,22,26)/b18-15-. The Labute approximate surface area is 155 Å². The summed E-state index contributed by atoms with van der Waals surface area (Å²) in [4.78, 5) is 25.7. The van der Waals surface area contributed by atoms with Gasteiger partial charge in [-0.1, -0.05) is 5.57 Å². The van der Waals surface area contributed by atoms with Crippen LogP contribution in [0.1, 0.15) is 57.7 Å². The number of carbonyl (C=O) groups is 1. The molecular weight excluding hydrogens is 326 g/mol. The van der Waals surface area contributed by atoms with Crippen molar-refractivity contribution in [3.8, 4) is 0 Å². The summed E-state index contributed by atoms with van der Waals surface area (Å²) >= 11 is 0. The summed E-state index contributed by atoms with van der Waals surface area (Å²) in [7, 11) is 0. The van der Waals surface area contributed by atoms with E-state index in [-0.39, 0.29) is 18.0 Å². The lowest BCUT2D eigenvalue weighted by atomic mass is 10.0. The van der Waals surface area contributed by atoms with E-state index in [2.05, 4.69) is 39.2 Å². The molecule has 0 spiro atoms. The van der Waals surface area contributed by atoms with Gasteiger partial charge in [0.1, 0.15) is 11.6 Å². The van der Waals surface area contributed by atoms with Crippen molar-refractivity contribution in [1.82, 2.24) is 20.6 Å². The number of hydrogen-bond donors (Lipinski definition) is 2. The van der Waals surface area contributed by atoms with Crippen LogP contribution in [0.3, 0.4) is 0 Å². The molecule has 26 heavy (non-hydrogen) atoms. The number of allylic oxidation sites excluding steroid dienone is 1. The van der Waals surface area contributed by atoms with E-state index in [1.807, 2.05) is 40.7 Å². The van der Waals surface area contributed by atoms with Crippen LogP contribution in [-0.4, -0.2) is 28.1 Å². The largest absolute Gasteiger partial charge is 0.365 e. The molecule has 140 valence electrons. The number of amides is 1. The van der Waals surface area contributed by atoms with Crippen molar-refractivity contribution in [2.24, 2.45) is 4.99 Å². The first kappa shape index (κ1) is 19.8. The Hall–Kier alpha value is -2.50. The number of nitrogens with zero attached hydrogens (tertiary/aromatic N) is 3. The Morgan fingerprint density at radius 1 is 1.23 bits per heavy atom. The van der Waals surface area contributed by atoms with Gasteiger partial charge >= 0.3 is 0 Å². The second-order valence-corrected chi connectivity index (χ2v) is 7.44. The van der Waals surface area contributed by atoms with Crippen LogP contribution in [0.4, 0.5) is 0 Å². The molecule has 1 heterocycles. The molecule has 0 radical (unpaired) electrons. The van der Waals surface area contributed by atoms with Gasteiger partial charge in [0.05, 0.1) is 6.54 Å². The predicted molar refractivity (Wildman–Crippen MR) is 105 cm³/mol. The summed E-state index contributed by atoms with van der Waals surface area (Å²) in [6, 6.07) is 1.91. The smallest absolute Gasteiger partial charge is 0.251 e. The van der Waals surface area contributed by atoms with Crippen LogP contribution in [0.15, 0.2) is 33.6 Å². The normalized spacial score (nSPS) is 15.6. The van der Waals surface area contributed by atoms with Crippen LogP contribution < -0.4 is 10.6 Å². The molecular formula is C20H29N5O. The third-order valence-corrected chi connectivity index (χ3v) is 4.47. The van der Waals surface area contributed by atoms with Crippen LogP contribution in [-0.2, 0) is 11.3 Å². The molecule has 1 aliphatic carbocycles. The Morgan fingerprint density at radius 2 is 1.81 bits per heavy atom. The molecule has 0 aromatic carbocycles. The number of aryl methyl sites for hydroxylation is 2. The summed E-state index contributed by atoms with van der Waals surface area (Å²) in [6.45, 7) is 15.7. The Balaban J connectivity index is 2.19. The third-order valence-electron chi connectivity index (χ3n) is 4.47. The summed E-state index contributed by atoms with van der Waals surface area (Å²) in [6.07, 6.45) is 2.19. The number of aromatic nitrogens is 2. The van der Waals surface area contributed by atoms with E-state index in [4.69, 9.17) is 0 Å². The second kappa shape index (κ2) is 7.81. The summed E-state index contributed by atoms with van der Waals surface area (Å²) in [5, 5.41) is 6.33. The second-order valence-electron chi connectivity index (χ2n) is 7.44. The van der Waals surface area contributed by atoms with E-state index in [0.717, 1.165) is 35.4 Å². The zero-order valence-electron chi connectivity index (χ0n) is 16.7. The summed E-state index contributed by atoms with van der Waals surface area (Å²) in [5.74, 6) is 1.12. The Morgan fingerprint density at radius 3 is 2.27 bits per heavy atom. The molecule has 2 N–H and O–H groups in total. The fourth-order valence-corrected chi connectivity index (χ4v) is 2.87. The first-order chi connectivity index (χ1) is 12.1. The zero-order valence-corrected chi connectivity index (χ0v) is 16.7. The van der Waals surface area contributed by atoms with E-state index >= 15 is 0 Å². The van der Waals surface area contributed by atoms with E-state index in [1.165, 1.54) is 0 Å². The maximum atomic E-state index is 12.8. The van der Waals surface area contributed by atoms with Crippen molar-refractivity contribution >= 4 is 12.6 Å². The van der Waals surface area contributed by atoms with Gasteiger partial charge in [-0.15, -0.1) is 0 Å². The number of carbonyl (C=O) groups excluding carboxylic acids is 1. The van der Waals surface area contributed by atoms with Gasteiger partial charge in [0, 0.05) is 28.1 Å². The molecule has 0 saturated heterocycles. The average molecular weight is 355 g/mol. The van der Waals surface area contributed by atoms with Crippen molar-refractivity contribution in [2.75, 3.05) is 0 Å². The highest BCUT2D eigenvalue weighted by Gasteiger charge is 2.38. The molecule has 1 aliphatic rings. The SMILES string of the molecule is C=N/C(NC1(C)CC1)=C(\C)C(C(=O)NCc1nc(C)cc(C)n1)=C(C)C. The lowest BCUT2D eigenvalue weighted by molar-refractivity contribution is -0.117. The molecule has 6 heteroatoms. The van der Waals surface area contributed by atoms with Crippen molar-refractivity contribution in [3.63, 3.8) is 0 Å². The number of hydrogen-bond acceptors (Lipinski definition) is 5. The molecule has 2 rings (SSSR count). The molecule has 1 aromatic heterocycles. The maximum absolute atomic E-state index is 12.8. The molecule has 0 bridgehead atoms. The van der Waals surface area contributed by atoms with Crippen molar-refractivity contribution in [3.05, 3.63) is 45.8 Å². The summed E-state index contributed by atoms with van der Waals surface area (Å²) in [5.41, 5.74) is 4.18. The molecule has 1 saturated carbocycles. The topological polar surface area (TPSA) is 79.3 Å². The highest BCUT2D eigenvalue weighted by Crippen LogP contribution is 2.36. The molecule has 0 unspecified atom stereocenters. The lowest BCUT2D eigenvalue weighted by Gasteiger charge is -2.18. The number of rotatable bonds is 7. The Kier molecular flexibility index (Phi) is 5.95. The number of aliphatic imine (C=N–C) groups is 1. The molecule has 1 aromatic rings. The molecule has 1 fully saturated rings. The van der Waals surface area contributed by atoms with E-state index in [1.54, 1.807) is 0 Å². The van der Waals surface area contributed by atoms with Gasteiger partial charge in [0.2, 0.25) is 0 Å². The van der Waals surface area contributed by atoms with Crippen LogP contribution in [0.25, 0.3) is 0 Å². The first-order valence-corrected chi connectivity index (χ1v) is 8.88. The quantitative estimate of drug-likeness (QED) is 0.447. The predicted octanol–water partition coefficient (Wildman–Crippen LogP) is 3.12. The molecule has 1 amide bonds. The van der Waals surface area contributed by atoms with Crippen LogP contribution in [0.2, 0.25) is 0 Å². The highest BCUT2D eigenvalue weighted by atomic mass is 16.1. The molecule has 0 atom stereocenters. The average Bonchev–Trinajstić information content (AvgIpc) is 3.27. The van der Waals surface area contributed by atoms with Gasteiger partial charge in [-0.05, 0) is 67.2 Å². The van der Waals surface area contributed by atoms with Crippen LogP contribution in [0, 0.1) is 13.8 Å². The van der Waals surface area contributed by atoms with Gasteiger partial charge in [0.15, 0.2) is 0 Å². The van der Waals surface area contributed by atoms with Gasteiger partial charge in [-0.3, -0.25) is 4.79 Å². The minimum Gasteiger partial charge on any atom is -0.365 e. The van der Waals surface area contributed by atoms with Crippen molar-refractivity contribution in [1.29, 1.82) is 0 Å². The fourth-order valence-electron chi connectivity index (χ4n) is 2.87. The first-order valence-electron chi connectivity index (χ1n) is 8.88. The zero-order chi connectivity index (χ0) is 19.5. The summed E-state index contributed by atoms with van der Waals surface area (Å²) < 4.78 is 0. The molecule has 6 nitrogen and oxygen atoms in total. The van der Waals surface area contributed by atoms with Crippen molar-refractivity contribution < 1.29 is 4.79 Å². The van der Waals surface area contributed by atoms with Gasteiger partial charge in [-0.25, -0.2) is 15.0 Å². The minimum atomic E-state index is -0.158. The monoisotopic (exact) mass is 355 g/mol.